The molecular weight excluding hydrogens is 292 g/mol. The first-order valence-corrected chi connectivity index (χ1v) is 8.61. The Morgan fingerprint density at radius 2 is 2.04 bits per heavy atom. The van der Waals surface area contributed by atoms with Crippen molar-refractivity contribution in [1.82, 2.24) is 15.0 Å². The fourth-order valence-corrected chi connectivity index (χ4v) is 4.75. The van der Waals surface area contributed by atoms with E-state index in [-0.39, 0.29) is 23.0 Å². The molecule has 1 saturated carbocycles. The Morgan fingerprint density at radius 1 is 1.35 bits per heavy atom. The first-order valence-electron chi connectivity index (χ1n) is 8.61. The fourth-order valence-electron chi connectivity index (χ4n) is 4.75. The number of nitrogens with zero attached hydrogens (tertiary/aromatic N) is 3. The van der Waals surface area contributed by atoms with Gasteiger partial charge >= 0.3 is 0 Å². The van der Waals surface area contributed by atoms with Crippen molar-refractivity contribution in [1.29, 1.82) is 0 Å². The third kappa shape index (κ3) is 2.87. The predicted molar refractivity (Wildman–Crippen MR) is 89.3 cm³/mol. The monoisotopic (exact) mass is 322 g/mol. The fraction of sp³-hybridized carbons (Fsp3) is 0.882. The summed E-state index contributed by atoms with van der Waals surface area (Å²) in [5, 5.41) is 17.9. The molecule has 1 aliphatic heterocycles. The van der Waals surface area contributed by atoms with Crippen LogP contribution in [0.1, 0.15) is 53.4 Å². The van der Waals surface area contributed by atoms with Crippen LogP contribution in [0.4, 0.5) is 5.95 Å². The van der Waals surface area contributed by atoms with Gasteiger partial charge in [-0.15, -0.1) is 0 Å². The molecule has 1 aromatic heterocycles. The Kier molecular flexibility index (Phi) is 3.96. The molecule has 0 radical (unpaired) electrons. The minimum atomic E-state index is -0.360. The van der Waals surface area contributed by atoms with Gasteiger partial charge in [0.2, 0.25) is 5.89 Å². The van der Waals surface area contributed by atoms with Gasteiger partial charge in [0, 0.05) is 23.4 Å². The predicted octanol–water partition coefficient (Wildman–Crippen LogP) is 2.26. The quantitative estimate of drug-likeness (QED) is 0.889. The van der Waals surface area contributed by atoms with E-state index in [0.717, 1.165) is 19.4 Å². The first kappa shape index (κ1) is 16.7. The second kappa shape index (κ2) is 5.45. The molecule has 3 rings (SSSR count). The highest BCUT2D eigenvalue weighted by molar-refractivity contribution is 5.28. The van der Waals surface area contributed by atoms with Crippen LogP contribution in [0.25, 0.3) is 0 Å². The highest BCUT2D eigenvalue weighted by Gasteiger charge is 2.58. The van der Waals surface area contributed by atoms with Gasteiger partial charge in [-0.1, -0.05) is 34.6 Å². The number of nitrogens with one attached hydrogen (secondary N) is 1. The summed E-state index contributed by atoms with van der Waals surface area (Å²) in [5.74, 6) is 1.70. The Hall–Kier alpha value is -1.14. The first-order chi connectivity index (χ1) is 10.6. The van der Waals surface area contributed by atoms with Gasteiger partial charge < -0.3 is 19.8 Å². The molecule has 2 N–H and O–H groups in total. The van der Waals surface area contributed by atoms with Crippen molar-refractivity contribution in [2.75, 3.05) is 18.9 Å². The van der Waals surface area contributed by atoms with Gasteiger partial charge in [-0.05, 0) is 31.0 Å². The average molecular weight is 322 g/mol. The lowest BCUT2D eigenvalue weighted by Crippen LogP contribution is -2.64. The third-order valence-corrected chi connectivity index (χ3v) is 5.39. The van der Waals surface area contributed by atoms with Crippen molar-refractivity contribution in [3.63, 3.8) is 0 Å². The molecule has 130 valence electrons. The van der Waals surface area contributed by atoms with E-state index in [4.69, 9.17) is 4.52 Å². The van der Waals surface area contributed by atoms with Crippen molar-refractivity contribution in [2.24, 2.45) is 11.3 Å². The molecule has 1 saturated heterocycles. The van der Waals surface area contributed by atoms with Crippen molar-refractivity contribution < 1.29 is 9.63 Å². The molecule has 2 heterocycles. The summed E-state index contributed by atoms with van der Waals surface area (Å²) in [6, 6.07) is 0.537. The van der Waals surface area contributed by atoms with Crippen LogP contribution < -0.4 is 5.32 Å². The summed E-state index contributed by atoms with van der Waals surface area (Å²) in [6.07, 6.45) is 1.45. The highest BCUT2D eigenvalue weighted by atomic mass is 16.5. The van der Waals surface area contributed by atoms with Gasteiger partial charge in [0.1, 0.15) is 0 Å². The van der Waals surface area contributed by atoms with Crippen molar-refractivity contribution >= 4 is 5.95 Å². The molecule has 0 aromatic carbocycles. The van der Waals surface area contributed by atoms with Gasteiger partial charge in [-0.25, -0.2) is 0 Å². The van der Waals surface area contributed by atoms with Crippen LogP contribution in [0.3, 0.4) is 0 Å². The Morgan fingerprint density at radius 3 is 2.57 bits per heavy atom. The number of hydrogen-bond acceptors (Lipinski definition) is 6. The molecule has 1 aromatic rings. The molecule has 2 fully saturated rings. The van der Waals surface area contributed by atoms with Gasteiger partial charge in [-0.3, -0.25) is 0 Å². The number of likely N-dealkylation sites (tertiary alicyclic amines) is 1. The van der Waals surface area contributed by atoms with E-state index >= 15 is 0 Å². The van der Waals surface area contributed by atoms with Crippen molar-refractivity contribution in [2.45, 2.75) is 71.1 Å². The zero-order valence-electron chi connectivity index (χ0n) is 15.1. The second-order valence-electron chi connectivity index (χ2n) is 8.87. The Bertz CT molecular complexity index is 560. The highest BCUT2D eigenvalue weighted by Crippen LogP contribution is 2.52. The molecule has 6 nitrogen and oxygen atoms in total. The second-order valence-corrected chi connectivity index (χ2v) is 8.87. The normalized spacial score (nSPS) is 35.0. The zero-order valence-corrected chi connectivity index (χ0v) is 15.1. The lowest BCUT2D eigenvalue weighted by Gasteiger charge is -2.57. The van der Waals surface area contributed by atoms with Crippen LogP contribution in [0.15, 0.2) is 4.52 Å². The van der Waals surface area contributed by atoms with E-state index in [9.17, 15) is 5.11 Å². The van der Waals surface area contributed by atoms with Crippen molar-refractivity contribution in [3.8, 4) is 0 Å². The smallest absolute Gasteiger partial charge is 0.263 e. The Labute approximate surface area is 138 Å². The van der Waals surface area contributed by atoms with Crippen LogP contribution in [0.5, 0.6) is 0 Å². The number of aromatic nitrogens is 2. The van der Waals surface area contributed by atoms with E-state index in [0.29, 0.717) is 23.8 Å². The van der Waals surface area contributed by atoms with Crippen LogP contribution in [-0.4, -0.2) is 51.9 Å². The molecular formula is C17H30N4O2. The molecule has 0 amide bonds. The summed E-state index contributed by atoms with van der Waals surface area (Å²) in [5.41, 5.74) is 0.0540. The lowest BCUT2D eigenvalue weighted by molar-refractivity contribution is -0.0825. The van der Waals surface area contributed by atoms with Crippen LogP contribution >= 0.6 is 0 Å². The topological polar surface area (TPSA) is 74.4 Å². The maximum Gasteiger partial charge on any atom is 0.263 e. The standard InChI is InChI=1S/C17H30N4O2/c1-10(2)13-17(9-21(13)6)7-11(12(22)8-17)18-15-19-14(23-20-15)16(3,4)5/h10-13,22H,7-9H2,1-6H3,(H,18,20)/t11-,12-,13?,17?/m1/s1. The number of hydrogen-bond donors (Lipinski definition) is 2. The van der Waals surface area contributed by atoms with E-state index in [2.05, 4.69) is 41.3 Å². The molecule has 0 bridgehead atoms. The minimum Gasteiger partial charge on any atom is -0.391 e. The minimum absolute atomic E-state index is 0.00429. The lowest BCUT2D eigenvalue weighted by atomic mass is 9.66. The summed E-state index contributed by atoms with van der Waals surface area (Å²) < 4.78 is 5.33. The van der Waals surface area contributed by atoms with Gasteiger partial charge in [-0.2, -0.15) is 4.98 Å². The van der Waals surface area contributed by atoms with Crippen LogP contribution in [-0.2, 0) is 5.41 Å². The molecule has 2 unspecified atom stereocenters. The van der Waals surface area contributed by atoms with Crippen molar-refractivity contribution in [3.05, 3.63) is 5.89 Å². The average Bonchev–Trinajstić information content (AvgIpc) is 2.95. The van der Waals surface area contributed by atoms with Gasteiger partial charge in [0.25, 0.3) is 5.95 Å². The zero-order chi connectivity index (χ0) is 17.0. The van der Waals surface area contributed by atoms with E-state index in [1.807, 2.05) is 20.8 Å². The number of rotatable bonds is 3. The summed E-state index contributed by atoms with van der Waals surface area (Å²) in [6.45, 7) is 11.7. The summed E-state index contributed by atoms with van der Waals surface area (Å²) >= 11 is 0. The number of anilines is 1. The molecule has 4 atom stereocenters. The van der Waals surface area contributed by atoms with Gasteiger partial charge in [0.15, 0.2) is 0 Å². The third-order valence-electron chi connectivity index (χ3n) is 5.39. The number of aliphatic hydroxyl groups is 1. The maximum absolute atomic E-state index is 10.5. The molecule has 1 spiro atoms. The van der Waals surface area contributed by atoms with Crippen LogP contribution in [0.2, 0.25) is 0 Å². The maximum atomic E-state index is 10.5. The van der Waals surface area contributed by atoms with E-state index in [1.165, 1.54) is 0 Å². The molecule has 2 aliphatic rings. The molecule has 1 aliphatic carbocycles. The SMILES string of the molecule is CC(C)C1N(C)CC12C[C@@H](O)[C@H](Nc1noc(C(C)(C)C)n1)C2. The van der Waals surface area contributed by atoms with Gasteiger partial charge in [0.05, 0.1) is 12.1 Å². The summed E-state index contributed by atoms with van der Waals surface area (Å²) in [4.78, 5) is 6.84. The van der Waals surface area contributed by atoms with Crippen LogP contribution in [0, 0.1) is 11.3 Å². The van der Waals surface area contributed by atoms with E-state index < -0.39 is 0 Å². The summed E-state index contributed by atoms with van der Waals surface area (Å²) in [7, 11) is 2.18. The molecule has 6 heteroatoms. The largest absolute Gasteiger partial charge is 0.391 e. The van der Waals surface area contributed by atoms with E-state index in [1.54, 1.807) is 0 Å². The number of aliphatic hydroxyl groups excluding tert-OH is 1. The molecule has 23 heavy (non-hydrogen) atoms. The Balaban J connectivity index is 1.69.